The first-order valence-electron chi connectivity index (χ1n) is 5.90. The molecule has 0 saturated carbocycles. The topological polar surface area (TPSA) is 60.3 Å². The van der Waals surface area contributed by atoms with Crippen LogP contribution in [-0.2, 0) is 16.2 Å². The van der Waals surface area contributed by atoms with Crippen molar-refractivity contribution >= 4 is 23.0 Å². The van der Waals surface area contributed by atoms with Crippen LogP contribution in [0, 0.1) is 0 Å². The van der Waals surface area contributed by atoms with Gasteiger partial charge in [0.25, 0.3) is 0 Å². The second kappa shape index (κ2) is 8.84. The molecule has 1 aromatic heterocycles. The van der Waals surface area contributed by atoms with E-state index in [1.807, 2.05) is 13.1 Å². The van der Waals surface area contributed by atoms with E-state index in [0.29, 0.717) is 11.8 Å². The molecule has 0 fully saturated rings. The summed E-state index contributed by atoms with van der Waals surface area (Å²) in [7, 11) is 1.62. The number of hydrogen-bond donors (Lipinski definition) is 2. The Balaban J connectivity index is 2.18. The Morgan fingerprint density at radius 2 is 2.39 bits per heavy atom. The summed E-state index contributed by atoms with van der Waals surface area (Å²) in [6, 6.07) is 0. The number of methoxy groups -OCH3 is 1. The van der Waals surface area contributed by atoms with Gasteiger partial charge in [-0.05, 0) is 25.6 Å². The molecule has 1 heterocycles. The zero-order valence-electron chi connectivity index (χ0n) is 10.8. The van der Waals surface area contributed by atoms with Gasteiger partial charge < -0.3 is 20.1 Å². The van der Waals surface area contributed by atoms with Crippen molar-refractivity contribution in [3.05, 3.63) is 12.4 Å². The molecule has 0 aliphatic rings. The largest absolute Gasteiger partial charge is 0.382 e. The second-order valence-electron chi connectivity index (χ2n) is 3.62. The normalized spacial score (nSPS) is 10.3. The molecule has 0 unspecified atom stereocenters. The molecule has 18 heavy (non-hydrogen) atoms. The maximum Gasteiger partial charge on any atom is 0.170 e. The summed E-state index contributed by atoms with van der Waals surface area (Å²) in [5.74, 6) is 0. The van der Waals surface area contributed by atoms with Crippen molar-refractivity contribution in [2.24, 2.45) is 0 Å². The van der Waals surface area contributed by atoms with Crippen LogP contribution in [0.25, 0.3) is 0 Å². The van der Waals surface area contributed by atoms with Crippen LogP contribution in [0.5, 0.6) is 0 Å². The lowest BCUT2D eigenvalue weighted by molar-refractivity contribution is 0.120. The Morgan fingerprint density at radius 1 is 1.56 bits per heavy atom. The van der Waals surface area contributed by atoms with Gasteiger partial charge >= 0.3 is 0 Å². The summed E-state index contributed by atoms with van der Waals surface area (Å²) >= 11 is 5.16. The Hall–Kier alpha value is -1.18. The lowest BCUT2D eigenvalue weighted by Gasteiger charge is -2.08. The molecule has 1 rings (SSSR count). The van der Waals surface area contributed by atoms with E-state index < -0.39 is 0 Å². The van der Waals surface area contributed by atoms with Gasteiger partial charge in [-0.25, -0.2) is 4.68 Å². The first-order valence-corrected chi connectivity index (χ1v) is 6.31. The number of aromatic nitrogens is 2. The Bertz CT molecular complexity index is 357. The van der Waals surface area contributed by atoms with Gasteiger partial charge in [-0.1, -0.05) is 0 Å². The van der Waals surface area contributed by atoms with Crippen LogP contribution < -0.4 is 10.6 Å². The van der Waals surface area contributed by atoms with Gasteiger partial charge in [-0.15, -0.1) is 0 Å². The van der Waals surface area contributed by atoms with Gasteiger partial charge in [0.1, 0.15) is 6.73 Å². The fraction of sp³-hybridized carbons (Fsp3) is 0.636. The summed E-state index contributed by atoms with van der Waals surface area (Å²) < 4.78 is 11.9. The van der Waals surface area contributed by atoms with Gasteiger partial charge in [0.2, 0.25) is 0 Å². The number of nitrogens with one attached hydrogen (secondary N) is 2. The predicted octanol–water partition coefficient (Wildman–Crippen LogP) is 1.20. The molecule has 7 heteroatoms. The molecule has 0 bridgehead atoms. The monoisotopic (exact) mass is 272 g/mol. The smallest absolute Gasteiger partial charge is 0.170 e. The summed E-state index contributed by atoms with van der Waals surface area (Å²) in [6.45, 7) is 4.70. The minimum absolute atomic E-state index is 0.427. The lowest BCUT2D eigenvalue weighted by atomic mass is 10.4. The fourth-order valence-corrected chi connectivity index (χ4v) is 1.55. The van der Waals surface area contributed by atoms with Gasteiger partial charge in [0, 0.05) is 26.9 Å². The third kappa shape index (κ3) is 5.95. The van der Waals surface area contributed by atoms with Crippen LogP contribution in [-0.4, -0.2) is 41.8 Å². The molecule has 0 aliphatic heterocycles. The minimum Gasteiger partial charge on any atom is -0.382 e. The molecule has 0 aromatic carbocycles. The molecule has 0 saturated heterocycles. The molecule has 2 N–H and O–H groups in total. The number of thiocarbonyl (C=S) groups is 1. The fourth-order valence-electron chi connectivity index (χ4n) is 1.33. The van der Waals surface area contributed by atoms with Crippen molar-refractivity contribution in [3.63, 3.8) is 0 Å². The molecular formula is C11H20N4O2S. The highest BCUT2D eigenvalue weighted by molar-refractivity contribution is 7.80. The van der Waals surface area contributed by atoms with Crippen LogP contribution in [0.2, 0.25) is 0 Å². The van der Waals surface area contributed by atoms with Crippen molar-refractivity contribution < 1.29 is 9.47 Å². The standard InChI is InChI=1S/C11H20N4O2S/c1-3-17-6-4-5-12-11(18)14-10-7-13-15(8-10)9-16-2/h7-8H,3-6,9H2,1-2H3,(H2,12,14,18). The van der Waals surface area contributed by atoms with E-state index in [1.54, 1.807) is 18.0 Å². The van der Waals surface area contributed by atoms with Crippen LogP contribution in [0.4, 0.5) is 5.69 Å². The van der Waals surface area contributed by atoms with E-state index in [-0.39, 0.29) is 0 Å². The molecule has 0 spiro atoms. The van der Waals surface area contributed by atoms with Crippen molar-refractivity contribution in [1.29, 1.82) is 0 Å². The van der Waals surface area contributed by atoms with Crippen molar-refractivity contribution in [2.75, 3.05) is 32.2 Å². The van der Waals surface area contributed by atoms with Crippen molar-refractivity contribution in [3.8, 4) is 0 Å². The zero-order valence-corrected chi connectivity index (χ0v) is 11.6. The maximum absolute atomic E-state index is 5.23. The maximum atomic E-state index is 5.23. The van der Waals surface area contributed by atoms with Crippen LogP contribution >= 0.6 is 12.2 Å². The summed E-state index contributed by atoms with van der Waals surface area (Å²) in [4.78, 5) is 0. The Labute approximate surface area is 113 Å². The summed E-state index contributed by atoms with van der Waals surface area (Å²) in [5, 5.41) is 10.8. The first-order chi connectivity index (χ1) is 8.76. The summed E-state index contributed by atoms with van der Waals surface area (Å²) in [6.07, 6.45) is 4.46. The predicted molar refractivity (Wildman–Crippen MR) is 74.6 cm³/mol. The molecule has 0 atom stereocenters. The lowest BCUT2D eigenvalue weighted by Crippen LogP contribution is -2.29. The van der Waals surface area contributed by atoms with E-state index in [1.165, 1.54) is 0 Å². The highest BCUT2D eigenvalue weighted by atomic mass is 32.1. The SMILES string of the molecule is CCOCCCNC(=S)Nc1cnn(COC)c1. The molecule has 0 aliphatic carbocycles. The first kappa shape index (κ1) is 14.9. The molecule has 6 nitrogen and oxygen atoms in total. The van der Waals surface area contributed by atoms with Gasteiger partial charge in [0.05, 0.1) is 18.1 Å². The number of ether oxygens (including phenoxy) is 2. The van der Waals surface area contributed by atoms with Crippen LogP contribution in [0.1, 0.15) is 13.3 Å². The second-order valence-corrected chi connectivity index (χ2v) is 4.03. The highest BCUT2D eigenvalue weighted by Gasteiger charge is 2.00. The van der Waals surface area contributed by atoms with Crippen molar-refractivity contribution in [1.82, 2.24) is 15.1 Å². The zero-order chi connectivity index (χ0) is 13.2. The van der Waals surface area contributed by atoms with Gasteiger partial charge in [0.15, 0.2) is 5.11 Å². The molecule has 0 amide bonds. The average Bonchev–Trinajstić information content (AvgIpc) is 2.77. The molecular weight excluding hydrogens is 252 g/mol. The van der Waals surface area contributed by atoms with Crippen LogP contribution in [0.3, 0.4) is 0 Å². The van der Waals surface area contributed by atoms with E-state index in [9.17, 15) is 0 Å². The minimum atomic E-state index is 0.427. The van der Waals surface area contributed by atoms with Gasteiger partial charge in [-0.2, -0.15) is 5.10 Å². The molecule has 1 aromatic rings. The number of nitrogens with zero attached hydrogens (tertiary/aromatic N) is 2. The number of anilines is 1. The number of hydrogen-bond acceptors (Lipinski definition) is 4. The number of rotatable bonds is 8. The quantitative estimate of drug-likeness (QED) is 0.548. The van der Waals surface area contributed by atoms with E-state index in [4.69, 9.17) is 21.7 Å². The Kier molecular flexibility index (Phi) is 7.31. The highest BCUT2D eigenvalue weighted by Crippen LogP contribution is 2.04. The molecule has 102 valence electrons. The van der Waals surface area contributed by atoms with E-state index in [0.717, 1.165) is 31.9 Å². The third-order valence-corrected chi connectivity index (χ3v) is 2.35. The van der Waals surface area contributed by atoms with E-state index in [2.05, 4.69) is 15.7 Å². The molecule has 0 radical (unpaired) electrons. The third-order valence-electron chi connectivity index (χ3n) is 2.11. The van der Waals surface area contributed by atoms with Crippen LogP contribution in [0.15, 0.2) is 12.4 Å². The van der Waals surface area contributed by atoms with Gasteiger partial charge in [-0.3, -0.25) is 0 Å². The summed E-state index contributed by atoms with van der Waals surface area (Å²) in [5.41, 5.74) is 0.842. The average molecular weight is 272 g/mol. The Morgan fingerprint density at radius 3 is 3.11 bits per heavy atom. The van der Waals surface area contributed by atoms with E-state index >= 15 is 0 Å². The van der Waals surface area contributed by atoms with Crippen molar-refractivity contribution in [2.45, 2.75) is 20.1 Å².